The van der Waals surface area contributed by atoms with E-state index in [0.717, 1.165) is 5.56 Å². The van der Waals surface area contributed by atoms with E-state index in [1.165, 1.54) is 0 Å². The van der Waals surface area contributed by atoms with Crippen LogP contribution in [0, 0.1) is 0 Å². The Morgan fingerprint density at radius 1 is 1.38 bits per heavy atom. The Hall–Kier alpha value is -1.81. The summed E-state index contributed by atoms with van der Waals surface area (Å²) in [5, 5.41) is 12.9. The summed E-state index contributed by atoms with van der Waals surface area (Å²) in [5.74, 6) is 0. The fraction of sp³-hybridized carbons (Fsp3) is 0.471. The zero-order valence-electron chi connectivity index (χ0n) is 13.0. The van der Waals surface area contributed by atoms with Gasteiger partial charge in [0.2, 0.25) is 0 Å². The molecule has 116 valence electrons. The first-order chi connectivity index (χ1) is 9.81. The standard InChI is InChI=1S/C17H25NO3/c1-5-9-15(19)14(12-13-10-7-6-8-11-13)18-16(20)21-17(2,3)4/h5-8,10-11,14-15,19H,1,9,12H2,2-4H3,(H,18,20)/t14-,15-/m1/s1. The summed E-state index contributed by atoms with van der Waals surface area (Å²) in [4.78, 5) is 11.9. The number of benzene rings is 1. The van der Waals surface area contributed by atoms with Crippen molar-refractivity contribution in [3.05, 3.63) is 48.6 Å². The molecule has 0 aliphatic heterocycles. The normalized spacial score (nSPS) is 14.1. The van der Waals surface area contributed by atoms with Crippen LogP contribution in [-0.4, -0.2) is 28.9 Å². The highest BCUT2D eigenvalue weighted by Gasteiger charge is 2.24. The molecule has 0 radical (unpaired) electrons. The predicted molar refractivity (Wildman–Crippen MR) is 84.1 cm³/mol. The highest BCUT2D eigenvalue weighted by Crippen LogP contribution is 2.11. The summed E-state index contributed by atoms with van der Waals surface area (Å²) < 4.78 is 5.25. The number of aliphatic hydroxyl groups excluding tert-OH is 1. The molecule has 1 amide bonds. The Bertz CT molecular complexity index is 451. The maximum atomic E-state index is 11.9. The Labute approximate surface area is 126 Å². The van der Waals surface area contributed by atoms with Crippen molar-refractivity contribution in [1.82, 2.24) is 5.32 Å². The molecule has 4 nitrogen and oxygen atoms in total. The van der Waals surface area contributed by atoms with Crippen LogP contribution in [0.15, 0.2) is 43.0 Å². The molecule has 0 bridgehead atoms. The fourth-order valence-corrected chi connectivity index (χ4v) is 1.95. The van der Waals surface area contributed by atoms with Crippen LogP contribution in [0.2, 0.25) is 0 Å². The molecular formula is C17H25NO3. The van der Waals surface area contributed by atoms with E-state index in [-0.39, 0.29) is 0 Å². The summed E-state index contributed by atoms with van der Waals surface area (Å²) in [6.45, 7) is 9.04. The first-order valence-electron chi connectivity index (χ1n) is 7.14. The fourth-order valence-electron chi connectivity index (χ4n) is 1.95. The molecule has 0 aromatic heterocycles. The van der Waals surface area contributed by atoms with Gasteiger partial charge in [0, 0.05) is 0 Å². The molecule has 1 aromatic rings. The lowest BCUT2D eigenvalue weighted by molar-refractivity contribution is 0.0425. The van der Waals surface area contributed by atoms with E-state index in [2.05, 4.69) is 11.9 Å². The minimum atomic E-state index is -0.699. The summed E-state index contributed by atoms with van der Waals surface area (Å²) in [6.07, 6.45) is 1.36. The Kier molecular flexibility index (Phi) is 6.43. The summed E-state index contributed by atoms with van der Waals surface area (Å²) in [6, 6.07) is 9.30. The lowest BCUT2D eigenvalue weighted by atomic mass is 9.99. The minimum absolute atomic E-state index is 0.410. The quantitative estimate of drug-likeness (QED) is 0.792. The molecule has 0 saturated heterocycles. The van der Waals surface area contributed by atoms with Gasteiger partial charge < -0.3 is 15.2 Å². The number of hydrogen-bond acceptors (Lipinski definition) is 3. The lowest BCUT2D eigenvalue weighted by Crippen LogP contribution is -2.46. The Balaban J connectivity index is 2.73. The van der Waals surface area contributed by atoms with Gasteiger partial charge in [-0.2, -0.15) is 0 Å². The van der Waals surface area contributed by atoms with Crippen molar-refractivity contribution in [3.63, 3.8) is 0 Å². The average molecular weight is 291 g/mol. The number of nitrogens with one attached hydrogen (secondary N) is 1. The molecule has 1 aromatic carbocycles. The molecule has 0 saturated carbocycles. The average Bonchev–Trinajstić information content (AvgIpc) is 2.37. The SMILES string of the molecule is C=CC[C@@H](O)[C@@H](Cc1ccccc1)NC(=O)OC(C)(C)C. The molecule has 2 N–H and O–H groups in total. The molecule has 2 atom stereocenters. The van der Waals surface area contributed by atoms with Gasteiger partial charge in [-0.25, -0.2) is 4.79 Å². The molecule has 0 aliphatic carbocycles. The number of alkyl carbamates (subject to hydrolysis) is 1. The molecule has 0 fully saturated rings. The van der Waals surface area contributed by atoms with Gasteiger partial charge in [-0.1, -0.05) is 36.4 Å². The highest BCUT2D eigenvalue weighted by atomic mass is 16.6. The van der Waals surface area contributed by atoms with Gasteiger partial charge in [0.1, 0.15) is 5.60 Å². The molecule has 21 heavy (non-hydrogen) atoms. The van der Waals surface area contributed by atoms with Gasteiger partial charge in [-0.3, -0.25) is 0 Å². The van der Waals surface area contributed by atoms with E-state index in [0.29, 0.717) is 12.8 Å². The Morgan fingerprint density at radius 2 is 2.00 bits per heavy atom. The maximum absolute atomic E-state index is 11.9. The van der Waals surface area contributed by atoms with Crippen LogP contribution in [0.1, 0.15) is 32.8 Å². The van der Waals surface area contributed by atoms with E-state index < -0.39 is 23.8 Å². The van der Waals surface area contributed by atoms with E-state index >= 15 is 0 Å². The smallest absolute Gasteiger partial charge is 0.407 e. The van der Waals surface area contributed by atoms with Crippen molar-refractivity contribution in [2.45, 2.75) is 51.4 Å². The molecule has 0 unspecified atom stereocenters. The molecule has 4 heteroatoms. The van der Waals surface area contributed by atoms with Crippen LogP contribution in [0.5, 0.6) is 0 Å². The summed E-state index contributed by atoms with van der Waals surface area (Å²) in [7, 11) is 0. The number of rotatable bonds is 6. The van der Waals surface area contributed by atoms with Gasteiger partial charge in [0.05, 0.1) is 12.1 Å². The highest BCUT2D eigenvalue weighted by molar-refractivity contribution is 5.68. The second-order valence-corrected chi connectivity index (χ2v) is 6.03. The Morgan fingerprint density at radius 3 is 2.52 bits per heavy atom. The third kappa shape index (κ3) is 6.95. The predicted octanol–water partition coefficient (Wildman–Crippen LogP) is 3.06. The van der Waals surface area contributed by atoms with Crippen molar-refractivity contribution in [1.29, 1.82) is 0 Å². The number of hydrogen-bond donors (Lipinski definition) is 2. The van der Waals surface area contributed by atoms with Crippen LogP contribution in [-0.2, 0) is 11.2 Å². The van der Waals surface area contributed by atoms with Gasteiger partial charge in [-0.15, -0.1) is 6.58 Å². The van der Waals surface area contributed by atoms with E-state index in [4.69, 9.17) is 4.74 Å². The number of carbonyl (C=O) groups is 1. The van der Waals surface area contributed by atoms with Gasteiger partial charge in [0.15, 0.2) is 0 Å². The van der Waals surface area contributed by atoms with Crippen molar-refractivity contribution >= 4 is 6.09 Å². The number of ether oxygens (including phenoxy) is 1. The van der Waals surface area contributed by atoms with Crippen molar-refractivity contribution in [3.8, 4) is 0 Å². The largest absolute Gasteiger partial charge is 0.444 e. The first-order valence-corrected chi connectivity index (χ1v) is 7.14. The summed E-state index contributed by atoms with van der Waals surface area (Å²) >= 11 is 0. The third-order valence-corrected chi connectivity index (χ3v) is 2.87. The lowest BCUT2D eigenvalue weighted by Gasteiger charge is -2.26. The zero-order chi connectivity index (χ0) is 15.9. The monoisotopic (exact) mass is 291 g/mol. The van der Waals surface area contributed by atoms with Gasteiger partial charge in [0.25, 0.3) is 0 Å². The van der Waals surface area contributed by atoms with Crippen LogP contribution in [0.25, 0.3) is 0 Å². The molecule has 0 aliphatic rings. The van der Waals surface area contributed by atoms with Crippen LogP contribution in [0.3, 0.4) is 0 Å². The van der Waals surface area contributed by atoms with E-state index in [1.54, 1.807) is 26.8 Å². The maximum Gasteiger partial charge on any atom is 0.407 e. The third-order valence-electron chi connectivity index (χ3n) is 2.87. The van der Waals surface area contributed by atoms with E-state index in [9.17, 15) is 9.90 Å². The van der Waals surface area contributed by atoms with Gasteiger partial charge >= 0.3 is 6.09 Å². The topological polar surface area (TPSA) is 58.6 Å². The molecule has 0 spiro atoms. The van der Waals surface area contributed by atoms with Crippen molar-refractivity contribution in [2.75, 3.05) is 0 Å². The van der Waals surface area contributed by atoms with Crippen LogP contribution in [0.4, 0.5) is 4.79 Å². The minimum Gasteiger partial charge on any atom is -0.444 e. The van der Waals surface area contributed by atoms with E-state index in [1.807, 2.05) is 30.3 Å². The first kappa shape index (κ1) is 17.2. The second-order valence-electron chi connectivity index (χ2n) is 6.03. The number of amides is 1. The van der Waals surface area contributed by atoms with Gasteiger partial charge in [-0.05, 0) is 39.2 Å². The van der Waals surface area contributed by atoms with Crippen molar-refractivity contribution < 1.29 is 14.6 Å². The second kappa shape index (κ2) is 7.84. The summed E-state index contributed by atoms with van der Waals surface area (Å²) in [5.41, 5.74) is 0.479. The van der Waals surface area contributed by atoms with Crippen LogP contribution >= 0.6 is 0 Å². The number of aliphatic hydroxyl groups is 1. The number of carbonyl (C=O) groups excluding carboxylic acids is 1. The van der Waals surface area contributed by atoms with Crippen LogP contribution < -0.4 is 5.32 Å². The molecule has 1 rings (SSSR count). The van der Waals surface area contributed by atoms with Crippen molar-refractivity contribution in [2.24, 2.45) is 0 Å². The molecule has 0 heterocycles. The molecular weight excluding hydrogens is 266 g/mol. The zero-order valence-corrected chi connectivity index (χ0v) is 13.0.